The van der Waals surface area contributed by atoms with Crippen molar-refractivity contribution in [2.45, 2.75) is 19.4 Å². The van der Waals surface area contributed by atoms with Gasteiger partial charge in [0, 0.05) is 24.3 Å². The summed E-state index contributed by atoms with van der Waals surface area (Å²) in [6.45, 7) is 1.73. The first-order valence-corrected chi connectivity index (χ1v) is 5.69. The highest BCUT2D eigenvalue weighted by atomic mass is 35.5. The van der Waals surface area contributed by atoms with Gasteiger partial charge in [-0.3, -0.25) is 14.9 Å². The molecule has 1 atom stereocenters. The van der Waals surface area contributed by atoms with Gasteiger partial charge in [-0.2, -0.15) is 0 Å². The number of aliphatic hydroxyl groups excluding tert-OH is 1. The molecule has 1 unspecified atom stereocenters. The first kappa shape index (κ1) is 14.4. The van der Waals surface area contributed by atoms with Crippen molar-refractivity contribution in [1.29, 1.82) is 0 Å². The monoisotopic (exact) mass is 272 g/mol. The van der Waals surface area contributed by atoms with Crippen LogP contribution >= 0.6 is 11.6 Å². The molecule has 1 aromatic carbocycles. The van der Waals surface area contributed by atoms with E-state index in [0.717, 1.165) is 0 Å². The number of halogens is 1. The van der Waals surface area contributed by atoms with Gasteiger partial charge in [-0.15, -0.1) is 0 Å². The molecule has 0 radical (unpaired) electrons. The van der Waals surface area contributed by atoms with Gasteiger partial charge in [-0.1, -0.05) is 11.6 Å². The highest BCUT2D eigenvalue weighted by Gasteiger charge is 2.16. The first-order chi connectivity index (χ1) is 8.45. The van der Waals surface area contributed by atoms with Crippen LogP contribution in [0.15, 0.2) is 18.2 Å². The van der Waals surface area contributed by atoms with E-state index in [1.807, 2.05) is 0 Å². The fourth-order valence-corrected chi connectivity index (χ4v) is 1.62. The van der Waals surface area contributed by atoms with Crippen LogP contribution in [0.2, 0.25) is 5.02 Å². The molecule has 0 spiro atoms. The van der Waals surface area contributed by atoms with E-state index in [1.54, 1.807) is 6.92 Å². The topological polar surface area (TPSA) is 92.5 Å². The maximum absolute atomic E-state index is 11.7. The Hall–Kier alpha value is -1.66. The molecule has 0 heterocycles. The number of nitro groups is 1. The van der Waals surface area contributed by atoms with Crippen molar-refractivity contribution < 1.29 is 14.8 Å². The molecule has 0 aromatic heterocycles. The minimum absolute atomic E-state index is 0.0253. The van der Waals surface area contributed by atoms with Crippen LogP contribution in [-0.2, 0) is 0 Å². The van der Waals surface area contributed by atoms with Crippen LogP contribution in [0.5, 0.6) is 0 Å². The van der Waals surface area contributed by atoms with Crippen molar-refractivity contribution in [3.8, 4) is 0 Å². The maximum atomic E-state index is 11.7. The Morgan fingerprint density at radius 3 is 2.78 bits per heavy atom. The number of benzene rings is 1. The Morgan fingerprint density at radius 2 is 2.28 bits per heavy atom. The number of carbonyl (C=O) groups is 1. The van der Waals surface area contributed by atoms with E-state index in [2.05, 4.69) is 5.32 Å². The van der Waals surface area contributed by atoms with Crippen LogP contribution in [0.3, 0.4) is 0 Å². The second-order valence-corrected chi connectivity index (χ2v) is 4.22. The highest BCUT2D eigenvalue weighted by molar-refractivity contribution is 6.33. The number of nitrogens with one attached hydrogen (secondary N) is 1. The molecule has 18 heavy (non-hydrogen) atoms. The lowest BCUT2D eigenvalue weighted by molar-refractivity contribution is -0.384. The molecule has 2 N–H and O–H groups in total. The standard InChI is InChI=1S/C11H13ClN2O4/c1-7(4-5-15)13-11(16)8-2-3-10(14(17)18)9(12)6-8/h2-3,6-7,15H,4-5H2,1H3,(H,13,16). The van der Waals surface area contributed by atoms with Crippen LogP contribution in [0.1, 0.15) is 23.7 Å². The second-order valence-electron chi connectivity index (χ2n) is 3.81. The van der Waals surface area contributed by atoms with Crippen LogP contribution in [0.4, 0.5) is 5.69 Å². The molecule has 0 aliphatic carbocycles. The number of aliphatic hydroxyl groups is 1. The summed E-state index contributed by atoms with van der Waals surface area (Å²) in [4.78, 5) is 21.7. The molecule has 0 aliphatic heterocycles. The summed E-state index contributed by atoms with van der Waals surface area (Å²) < 4.78 is 0. The number of hydrogen-bond acceptors (Lipinski definition) is 4. The molecule has 0 aliphatic rings. The van der Waals surface area contributed by atoms with Crippen LogP contribution in [-0.4, -0.2) is 28.6 Å². The van der Waals surface area contributed by atoms with Crippen molar-refractivity contribution in [3.63, 3.8) is 0 Å². The van der Waals surface area contributed by atoms with E-state index in [0.29, 0.717) is 6.42 Å². The predicted molar refractivity (Wildman–Crippen MR) is 66.7 cm³/mol. The average Bonchev–Trinajstić information content (AvgIpc) is 2.28. The third kappa shape index (κ3) is 3.68. The molecule has 1 amide bonds. The fraction of sp³-hybridized carbons (Fsp3) is 0.364. The first-order valence-electron chi connectivity index (χ1n) is 5.31. The number of rotatable bonds is 5. The quantitative estimate of drug-likeness (QED) is 0.631. The Kier molecular flexibility index (Phi) is 5.06. The minimum atomic E-state index is -0.613. The highest BCUT2D eigenvalue weighted by Crippen LogP contribution is 2.24. The number of amides is 1. The zero-order chi connectivity index (χ0) is 13.7. The van der Waals surface area contributed by atoms with Crippen LogP contribution in [0.25, 0.3) is 0 Å². The number of hydrogen-bond donors (Lipinski definition) is 2. The van der Waals surface area contributed by atoms with Gasteiger partial charge < -0.3 is 10.4 Å². The zero-order valence-corrected chi connectivity index (χ0v) is 10.5. The number of carbonyl (C=O) groups excluding carboxylic acids is 1. The Bertz CT molecular complexity index is 464. The van der Waals surface area contributed by atoms with Gasteiger partial charge in [-0.25, -0.2) is 0 Å². The van der Waals surface area contributed by atoms with E-state index < -0.39 is 4.92 Å². The summed E-state index contributed by atoms with van der Waals surface area (Å²) in [6.07, 6.45) is 0.437. The average molecular weight is 273 g/mol. The van der Waals surface area contributed by atoms with Crippen molar-refractivity contribution in [2.24, 2.45) is 0 Å². The van der Waals surface area contributed by atoms with Crippen LogP contribution in [0, 0.1) is 10.1 Å². The second kappa shape index (κ2) is 6.32. The Morgan fingerprint density at radius 1 is 1.61 bits per heavy atom. The number of nitro benzene ring substituents is 1. The van der Waals surface area contributed by atoms with E-state index in [-0.39, 0.29) is 34.8 Å². The smallest absolute Gasteiger partial charge is 0.287 e. The summed E-state index contributed by atoms with van der Waals surface area (Å²) in [5.74, 6) is -0.382. The van der Waals surface area contributed by atoms with Crippen molar-refractivity contribution in [1.82, 2.24) is 5.32 Å². The summed E-state index contributed by atoms with van der Waals surface area (Å²) >= 11 is 5.70. The van der Waals surface area contributed by atoms with Gasteiger partial charge in [0.05, 0.1) is 4.92 Å². The third-order valence-corrected chi connectivity index (χ3v) is 2.65. The lowest BCUT2D eigenvalue weighted by atomic mass is 10.1. The summed E-state index contributed by atoms with van der Waals surface area (Å²) in [5, 5.41) is 21.8. The Labute approximate surface area is 109 Å². The molecule has 98 valence electrons. The van der Waals surface area contributed by atoms with E-state index in [4.69, 9.17) is 16.7 Å². The van der Waals surface area contributed by atoms with Gasteiger partial charge in [0.2, 0.25) is 0 Å². The predicted octanol–water partition coefficient (Wildman–Crippen LogP) is 1.75. The van der Waals surface area contributed by atoms with E-state index >= 15 is 0 Å². The molecule has 0 saturated carbocycles. The molecule has 1 rings (SSSR count). The molecule has 0 saturated heterocycles. The molecule has 7 heteroatoms. The van der Waals surface area contributed by atoms with E-state index in [1.165, 1.54) is 18.2 Å². The lowest BCUT2D eigenvalue weighted by Gasteiger charge is -2.12. The van der Waals surface area contributed by atoms with E-state index in [9.17, 15) is 14.9 Å². The maximum Gasteiger partial charge on any atom is 0.287 e. The van der Waals surface area contributed by atoms with Gasteiger partial charge in [0.25, 0.3) is 11.6 Å². The SMILES string of the molecule is CC(CCO)NC(=O)c1ccc([N+](=O)[O-])c(Cl)c1. The van der Waals surface area contributed by atoms with Gasteiger partial charge in [-0.05, 0) is 25.5 Å². The summed E-state index contributed by atoms with van der Waals surface area (Å²) in [6, 6.07) is 3.59. The fourth-order valence-electron chi connectivity index (χ4n) is 1.37. The third-order valence-electron chi connectivity index (χ3n) is 2.35. The molecule has 1 aromatic rings. The minimum Gasteiger partial charge on any atom is -0.396 e. The van der Waals surface area contributed by atoms with Crippen molar-refractivity contribution >= 4 is 23.2 Å². The van der Waals surface area contributed by atoms with Gasteiger partial charge in [0.1, 0.15) is 5.02 Å². The summed E-state index contributed by atoms with van der Waals surface area (Å²) in [7, 11) is 0. The molecule has 6 nitrogen and oxygen atoms in total. The van der Waals surface area contributed by atoms with Crippen LogP contribution < -0.4 is 5.32 Å². The molecule has 0 bridgehead atoms. The molecular formula is C11H13ClN2O4. The van der Waals surface area contributed by atoms with Crippen molar-refractivity contribution in [3.05, 3.63) is 38.9 Å². The number of nitrogens with zero attached hydrogens (tertiary/aromatic N) is 1. The van der Waals surface area contributed by atoms with Gasteiger partial charge in [0.15, 0.2) is 0 Å². The zero-order valence-electron chi connectivity index (χ0n) is 9.72. The molecule has 0 fully saturated rings. The normalized spacial score (nSPS) is 11.9. The Balaban J connectivity index is 2.81. The molecular weight excluding hydrogens is 260 g/mol. The van der Waals surface area contributed by atoms with Gasteiger partial charge >= 0.3 is 0 Å². The van der Waals surface area contributed by atoms with Crippen molar-refractivity contribution in [2.75, 3.05) is 6.61 Å². The largest absolute Gasteiger partial charge is 0.396 e. The summed E-state index contributed by atoms with van der Waals surface area (Å²) in [5.41, 5.74) is 0.00649. The lowest BCUT2D eigenvalue weighted by Crippen LogP contribution is -2.33.